The van der Waals surface area contributed by atoms with E-state index in [0.717, 1.165) is 0 Å². The number of imidazole rings is 1. The predicted octanol–water partition coefficient (Wildman–Crippen LogP) is 2.50. The van der Waals surface area contributed by atoms with Crippen LogP contribution in [0.15, 0.2) is 41.6 Å². The Hall–Kier alpha value is -1.86. The number of rotatable bonds is 7. The summed E-state index contributed by atoms with van der Waals surface area (Å²) in [5, 5.41) is 10.00. The number of aromatic nitrogens is 2. The van der Waals surface area contributed by atoms with Crippen molar-refractivity contribution in [3.63, 3.8) is 0 Å². The molecular formula is C16H23N3O3S. The van der Waals surface area contributed by atoms with Crippen LogP contribution in [0.3, 0.4) is 0 Å². The second kappa shape index (κ2) is 7.14. The van der Waals surface area contributed by atoms with Gasteiger partial charge in [-0.15, -0.1) is 0 Å². The number of aliphatic hydroxyl groups is 1. The van der Waals surface area contributed by atoms with Crippen molar-refractivity contribution >= 4 is 15.7 Å². The average molecular weight is 337 g/mol. The van der Waals surface area contributed by atoms with Gasteiger partial charge in [-0.3, -0.25) is 4.31 Å². The van der Waals surface area contributed by atoms with Gasteiger partial charge in [0.25, 0.3) is 10.0 Å². The summed E-state index contributed by atoms with van der Waals surface area (Å²) in [7, 11) is -3.82. The molecule has 126 valence electrons. The number of anilines is 1. The van der Waals surface area contributed by atoms with Crippen molar-refractivity contribution in [2.24, 2.45) is 0 Å². The Balaban J connectivity index is 2.43. The number of nitrogens with one attached hydrogen (secondary N) is 1. The van der Waals surface area contributed by atoms with Crippen molar-refractivity contribution in [2.75, 3.05) is 10.8 Å². The molecule has 0 aliphatic carbocycles. The monoisotopic (exact) mass is 337 g/mol. The quantitative estimate of drug-likeness (QED) is 0.813. The molecule has 0 radical (unpaired) electrons. The normalized spacial score (nSPS) is 13.3. The molecule has 7 heteroatoms. The molecule has 1 aromatic carbocycles. The zero-order valence-corrected chi connectivity index (χ0v) is 14.4. The number of hydrogen-bond acceptors (Lipinski definition) is 4. The van der Waals surface area contributed by atoms with Gasteiger partial charge in [0.15, 0.2) is 5.03 Å². The highest BCUT2D eigenvalue weighted by Gasteiger charge is 2.28. The van der Waals surface area contributed by atoms with Gasteiger partial charge in [-0.25, -0.2) is 4.98 Å². The Morgan fingerprint density at radius 1 is 1.26 bits per heavy atom. The minimum Gasteiger partial charge on any atom is -0.391 e. The lowest BCUT2D eigenvalue weighted by molar-refractivity contribution is 0.179. The first-order valence-electron chi connectivity index (χ1n) is 7.67. The van der Waals surface area contributed by atoms with E-state index in [1.807, 2.05) is 26.8 Å². The molecular weight excluding hydrogens is 314 g/mol. The predicted molar refractivity (Wildman–Crippen MR) is 89.9 cm³/mol. The van der Waals surface area contributed by atoms with Crippen molar-refractivity contribution in [3.8, 4) is 0 Å². The number of benzene rings is 1. The third-order valence-corrected chi connectivity index (χ3v) is 5.28. The molecule has 1 aromatic heterocycles. The number of sulfonamides is 1. The van der Waals surface area contributed by atoms with E-state index in [2.05, 4.69) is 9.97 Å². The molecule has 1 heterocycles. The highest BCUT2D eigenvalue weighted by atomic mass is 32.2. The molecule has 0 amide bonds. The van der Waals surface area contributed by atoms with Crippen LogP contribution in [-0.4, -0.2) is 36.1 Å². The van der Waals surface area contributed by atoms with Gasteiger partial charge in [0.05, 0.1) is 24.5 Å². The zero-order valence-electron chi connectivity index (χ0n) is 13.6. The number of nitrogens with zero attached hydrogens (tertiary/aromatic N) is 2. The smallest absolute Gasteiger partial charge is 0.281 e. The Labute approximate surface area is 137 Å². The van der Waals surface area contributed by atoms with Gasteiger partial charge >= 0.3 is 0 Å². The molecule has 0 aliphatic rings. The SMILES string of the molecule is CC[C@H](O)CN(c1ccccc1)S(=O)(=O)c1cnc(C(C)C)[nH]1. The molecule has 0 aliphatic heterocycles. The molecule has 2 N–H and O–H groups in total. The third-order valence-electron chi connectivity index (χ3n) is 3.58. The number of H-pyrrole nitrogens is 1. The van der Waals surface area contributed by atoms with Crippen molar-refractivity contribution in [3.05, 3.63) is 42.4 Å². The number of aromatic amines is 1. The van der Waals surface area contributed by atoms with Crippen LogP contribution in [0.4, 0.5) is 5.69 Å². The molecule has 0 saturated carbocycles. The van der Waals surface area contributed by atoms with Gasteiger partial charge < -0.3 is 10.1 Å². The largest absolute Gasteiger partial charge is 0.391 e. The summed E-state index contributed by atoms with van der Waals surface area (Å²) in [4.78, 5) is 7.01. The highest BCUT2D eigenvalue weighted by Crippen LogP contribution is 2.24. The molecule has 0 spiro atoms. The van der Waals surface area contributed by atoms with E-state index in [1.54, 1.807) is 24.3 Å². The summed E-state index contributed by atoms with van der Waals surface area (Å²) >= 11 is 0. The number of para-hydroxylation sites is 1. The van der Waals surface area contributed by atoms with Gasteiger partial charge in [-0.1, -0.05) is 39.0 Å². The zero-order chi connectivity index (χ0) is 17.0. The summed E-state index contributed by atoms with van der Waals surface area (Å²) < 4.78 is 27.1. The van der Waals surface area contributed by atoms with Crippen LogP contribution >= 0.6 is 0 Å². The third kappa shape index (κ3) is 3.92. The fraction of sp³-hybridized carbons (Fsp3) is 0.438. The first-order valence-corrected chi connectivity index (χ1v) is 9.11. The average Bonchev–Trinajstić information content (AvgIpc) is 3.04. The van der Waals surface area contributed by atoms with Crippen LogP contribution in [0, 0.1) is 0 Å². The first kappa shape index (κ1) is 17.5. The van der Waals surface area contributed by atoms with E-state index in [-0.39, 0.29) is 17.5 Å². The van der Waals surface area contributed by atoms with Gasteiger partial charge in [0.2, 0.25) is 0 Å². The van der Waals surface area contributed by atoms with Crippen LogP contribution in [0.1, 0.15) is 38.9 Å². The Kier molecular flexibility index (Phi) is 5.43. The second-order valence-corrected chi connectivity index (χ2v) is 7.55. The summed E-state index contributed by atoms with van der Waals surface area (Å²) in [6.45, 7) is 5.68. The van der Waals surface area contributed by atoms with E-state index in [1.165, 1.54) is 10.5 Å². The Bertz CT molecular complexity index is 726. The lowest BCUT2D eigenvalue weighted by Gasteiger charge is -2.25. The topological polar surface area (TPSA) is 86.3 Å². The van der Waals surface area contributed by atoms with Crippen molar-refractivity contribution in [1.82, 2.24) is 9.97 Å². The van der Waals surface area contributed by atoms with Gasteiger partial charge in [-0.2, -0.15) is 8.42 Å². The van der Waals surface area contributed by atoms with Crippen LogP contribution in [0.5, 0.6) is 0 Å². The van der Waals surface area contributed by atoms with E-state index >= 15 is 0 Å². The molecule has 6 nitrogen and oxygen atoms in total. The minimum absolute atomic E-state index is 0.00111. The maximum absolute atomic E-state index is 13.0. The van der Waals surface area contributed by atoms with E-state index < -0.39 is 16.1 Å². The molecule has 2 rings (SSSR count). The standard InChI is InChI=1S/C16H23N3O3S/c1-4-14(20)11-19(13-8-6-5-7-9-13)23(21,22)15-10-17-16(18-15)12(2)3/h5-10,12,14,20H,4,11H2,1-3H3,(H,17,18)/t14-/m0/s1. The van der Waals surface area contributed by atoms with Crippen LogP contribution in [0.2, 0.25) is 0 Å². The van der Waals surface area contributed by atoms with Crippen LogP contribution in [0.25, 0.3) is 0 Å². The molecule has 0 saturated heterocycles. The molecule has 2 aromatic rings. The van der Waals surface area contributed by atoms with E-state index in [4.69, 9.17) is 0 Å². The first-order chi connectivity index (χ1) is 10.9. The Morgan fingerprint density at radius 3 is 2.43 bits per heavy atom. The lowest BCUT2D eigenvalue weighted by atomic mass is 10.2. The van der Waals surface area contributed by atoms with Crippen molar-refractivity contribution < 1.29 is 13.5 Å². The summed E-state index contributed by atoms with van der Waals surface area (Å²) in [5.74, 6) is 0.720. The minimum atomic E-state index is -3.82. The second-order valence-electron chi connectivity index (χ2n) is 5.72. The molecule has 0 fully saturated rings. The van der Waals surface area contributed by atoms with Gasteiger partial charge in [0, 0.05) is 5.92 Å². The van der Waals surface area contributed by atoms with Crippen LogP contribution in [-0.2, 0) is 10.0 Å². The lowest BCUT2D eigenvalue weighted by Crippen LogP contribution is -2.37. The van der Waals surface area contributed by atoms with Gasteiger partial charge in [-0.05, 0) is 18.6 Å². The summed E-state index contributed by atoms with van der Waals surface area (Å²) in [6.07, 6.45) is 1.07. The maximum atomic E-state index is 13.0. The van der Waals surface area contributed by atoms with Gasteiger partial charge in [0.1, 0.15) is 5.82 Å². The fourth-order valence-electron chi connectivity index (χ4n) is 2.12. The Morgan fingerprint density at radius 2 is 1.91 bits per heavy atom. The molecule has 1 atom stereocenters. The fourth-order valence-corrected chi connectivity index (χ4v) is 3.54. The van der Waals surface area contributed by atoms with E-state index in [9.17, 15) is 13.5 Å². The van der Waals surface area contributed by atoms with E-state index in [0.29, 0.717) is 17.9 Å². The molecule has 0 bridgehead atoms. The number of hydrogen-bond donors (Lipinski definition) is 2. The molecule has 23 heavy (non-hydrogen) atoms. The maximum Gasteiger partial charge on any atom is 0.281 e. The highest BCUT2D eigenvalue weighted by molar-refractivity contribution is 7.92. The summed E-state index contributed by atoms with van der Waals surface area (Å²) in [5.41, 5.74) is 0.515. The van der Waals surface area contributed by atoms with Crippen molar-refractivity contribution in [2.45, 2.75) is 44.2 Å². The molecule has 0 unspecified atom stereocenters. The van der Waals surface area contributed by atoms with Crippen molar-refractivity contribution in [1.29, 1.82) is 0 Å². The number of aliphatic hydroxyl groups excluding tert-OH is 1. The van der Waals surface area contributed by atoms with Crippen LogP contribution < -0.4 is 4.31 Å². The summed E-state index contributed by atoms with van der Waals surface area (Å²) in [6, 6.07) is 8.77.